The normalized spacial score (nSPS) is 11.5. The molecule has 0 atom stereocenters. The van der Waals surface area contributed by atoms with Crippen LogP contribution in [0.1, 0.15) is 34.6 Å². The topological polar surface area (TPSA) is 41.6 Å². The van der Waals surface area contributed by atoms with E-state index in [0.717, 1.165) is 13.1 Å². The van der Waals surface area contributed by atoms with E-state index in [0.29, 0.717) is 0 Å². The summed E-state index contributed by atoms with van der Waals surface area (Å²) < 4.78 is 5.08. The number of amides is 1. The summed E-state index contributed by atoms with van der Waals surface area (Å²) in [6.45, 7) is 11.0. The van der Waals surface area contributed by atoms with Crippen LogP contribution in [0, 0.1) is 0 Å². The lowest BCUT2D eigenvalue weighted by molar-refractivity contribution is 0.0345. The number of hydrogen-bond donors (Lipinski definition) is 1. The third-order valence-corrected chi connectivity index (χ3v) is 1.41. The molecule has 0 heterocycles. The molecule has 0 radical (unpaired) electrons. The van der Waals surface area contributed by atoms with Gasteiger partial charge in [-0.15, -0.1) is 0 Å². The van der Waals surface area contributed by atoms with Gasteiger partial charge < -0.3 is 4.74 Å². The summed E-state index contributed by atoms with van der Waals surface area (Å²) in [6.07, 6.45) is -0.392. The van der Waals surface area contributed by atoms with Gasteiger partial charge in [0.05, 0.1) is 0 Å². The van der Waals surface area contributed by atoms with Crippen LogP contribution in [0.4, 0.5) is 4.79 Å². The summed E-state index contributed by atoms with van der Waals surface area (Å²) in [5.41, 5.74) is 2.21. The SMILES string of the molecule is CCN(CC)NC(=O)OC(C)(C)C. The molecule has 13 heavy (non-hydrogen) atoms. The first-order valence-electron chi connectivity index (χ1n) is 4.63. The van der Waals surface area contributed by atoms with Gasteiger partial charge in [-0.25, -0.2) is 9.80 Å². The van der Waals surface area contributed by atoms with Crippen molar-refractivity contribution in [1.29, 1.82) is 0 Å². The van der Waals surface area contributed by atoms with Crippen molar-refractivity contribution in [2.75, 3.05) is 13.1 Å². The van der Waals surface area contributed by atoms with Crippen molar-refractivity contribution < 1.29 is 9.53 Å². The Morgan fingerprint density at radius 1 is 1.31 bits per heavy atom. The number of ether oxygens (including phenoxy) is 1. The molecule has 78 valence electrons. The van der Waals surface area contributed by atoms with Gasteiger partial charge in [0.15, 0.2) is 0 Å². The van der Waals surface area contributed by atoms with Crippen molar-refractivity contribution in [3.8, 4) is 0 Å². The molecule has 0 saturated heterocycles. The van der Waals surface area contributed by atoms with Crippen molar-refractivity contribution >= 4 is 6.09 Å². The molecule has 0 bridgehead atoms. The van der Waals surface area contributed by atoms with Crippen LogP contribution in [-0.4, -0.2) is 29.8 Å². The fraction of sp³-hybridized carbons (Fsp3) is 0.889. The lowest BCUT2D eigenvalue weighted by Crippen LogP contribution is -2.44. The minimum atomic E-state index is -0.433. The Morgan fingerprint density at radius 2 is 1.77 bits per heavy atom. The summed E-state index contributed by atoms with van der Waals surface area (Å²) in [5.74, 6) is 0. The number of carbonyl (C=O) groups is 1. The van der Waals surface area contributed by atoms with Gasteiger partial charge in [-0.2, -0.15) is 0 Å². The highest BCUT2D eigenvalue weighted by Crippen LogP contribution is 2.06. The molecule has 0 aliphatic rings. The first-order valence-corrected chi connectivity index (χ1v) is 4.63. The average molecular weight is 188 g/mol. The molecule has 0 fully saturated rings. The highest BCUT2D eigenvalue weighted by Gasteiger charge is 2.16. The van der Waals surface area contributed by atoms with Crippen LogP contribution in [0.5, 0.6) is 0 Å². The van der Waals surface area contributed by atoms with Crippen LogP contribution in [-0.2, 0) is 4.74 Å². The molecular formula is C9H20N2O2. The van der Waals surface area contributed by atoms with Gasteiger partial charge in [0, 0.05) is 13.1 Å². The van der Waals surface area contributed by atoms with Crippen LogP contribution in [0.15, 0.2) is 0 Å². The van der Waals surface area contributed by atoms with Crippen LogP contribution < -0.4 is 5.43 Å². The van der Waals surface area contributed by atoms with Gasteiger partial charge in [-0.1, -0.05) is 13.8 Å². The first-order chi connectivity index (χ1) is 5.89. The van der Waals surface area contributed by atoms with Gasteiger partial charge >= 0.3 is 6.09 Å². The second kappa shape index (κ2) is 5.07. The highest BCUT2D eigenvalue weighted by molar-refractivity contribution is 5.66. The van der Waals surface area contributed by atoms with Gasteiger partial charge in [-0.05, 0) is 20.8 Å². The number of nitrogens with zero attached hydrogens (tertiary/aromatic N) is 1. The van der Waals surface area contributed by atoms with Crippen molar-refractivity contribution in [3.05, 3.63) is 0 Å². The third-order valence-electron chi connectivity index (χ3n) is 1.41. The van der Waals surface area contributed by atoms with E-state index in [1.54, 1.807) is 5.01 Å². The van der Waals surface area contributed by atoms with E-state index in [9.17, 15) is 4.79 Å². The Balaban J connectivity index is 3.86. The molecule has 0 aromatic rings. The number of rotatable bonds is 3. The van der Waals surface area contributed by atoms with E-state index in [1.807, 2.05) is 34.6 Å². The maximum absolute atomic E-state index is 11.2. The monoisotopic (exact) mass is 188 g/mol. The van der Waals surface area contributed by atoms with Gasteiger partial charge in [0.25, 0.3) is 0 Å². The maximum atomic E-state index is 11.2. The highest BCUT2D eigenvalue weighted by atomic mass is 16.6. The number of hydrazine groups is 1. The zero-order chi connectivity index (χ0) is 10.5. The first kappa shape index (κ1) is 12.2. The predicted molar refractivity (Wildman–Crippen MR) is 52.3 cm³/mol. The lowest BCUT2D eigenvalue weighted by Gasteiger charge is -2.24. The summed E-state index contributed by atoms with van der Waals surface area (Å²) in [4.78, 5) is 11.2. The van der Waals surface area contributed by atoms with Gasteiger partial charge in [0.2, 0.25) is 0 Å². The molecule has 0 unspecified atom stereocenters. The van der Waals surface area contributed by atoms with E-state index < -0.39 is 11.7 Å². The third kappa shape index (κ3) is 6.40. The second-order valence-electron chi connectivity index (χ2n) is 3.79. The molecule has 0 aromatic carbocycles. The predicted octanol–water partition coefficient (Wildman–Crippen LogP) is 1.77. The smallest absolute Gasteiger partial charge is 0.422 e. The Labute approximate surface area is 80.2 Å². The molecule has 4 heteroatoms. The molecule has 1 amide bonds. The van der Waals surface area contributed by atoms with E-state index in [-0.39, 0.29) is 0 Å². The summed E-state index contributed by atoms with van der Waals surface area (Å²) in [5, 5.41) is 1.79. The minimum absolute atomic E-state index is 0.392. The van der Waals surface area contributed by atoms with E-state index >= 15 is 0 Å². The second-order valence-corrected chi connectivity index (χ2v) is 3.79. The Bertz CT molecular complexity index is 159. The zero-order valence-electron chi connectivity index (χ0n) is 9.18. The molecular weight excluding hydrogens is 168 g/mol. The fourth-order valence-corrected chi connectivity index (χ4v) is 0.812. The van der Waals surface area contributed by atoms with E-state index in [1.165, 1.54) is 0 Å². The number of carbonyl (C=O) groups excluding carboxylic acids is 1. The van der Waals surface area contributed by atoms with Crippen molar-refractivity contribution in [2.45, 2.75) is 40.2 Å². The molecule has 0 saturated carbocycles. The number of nitrogens with one attached hydrogen (secondary N) is 1. The van der Waals surface area contributed by atoms with Crippen LogP contribution >= 0.6 is 0 Å². The van der Waals surface area contributed by atoms with Crippen molar-refractivity contribution in [1.82, 2.24) is 10.4 Å². The Hall–Kier alpha value is -0.770. The summed E-state index contributed by atoms with van der Waals surface area (Å²) >= 11 is 0. The summed E-state index contributed by atoms with van der Waals surface area (Å²) in [7, 11) is 0. The van der Waals surface area contributed by atoms with Crippen molar-refractivity contribution in [3.63, 3.8) is 0 Å². The zero-order valence-corrected chi connectivity index (χ0v) is 9.18. The van der Waals surface area contributed by atoms with Crippen LogP contribution in [0.25, 0.3) is 0 Å². The summed E-state index contributed by atoms with van der Waals surface area (Å²) in [6, 6.07) is 0. The van der Waals surface area contributed by atoms with E-state index in [2.05, 4.69) is 5.43 Å². The van der Waals surface area contributed by atoms with Crippen LogP contribution in [0.3, 0.4) is 0 Å². The molecule has 0 rings (SSSR count). The number of hydrogen-bond acceptors (Lipinski definition) is 3. The molecule has 0 aliphatic heterocycles. The maximum Gasteiger partial charge on any atom is 0.422 e. The molecule has 0 aliphatic carbocycles. The van der Waals surface area contributed by atoms with Gasteiger partial charge in [-0.3, -0.25) is 5.43 Å². The van der Waals surface area contributed by atoms with Gasteiger partial charge in [0.1, 0.15) is 5.60 Å². The quantitative estimate of drug-likeness (QED) is 0.686. The lowest BCUT2D eigenvalue weighted by atomic mass is 10.2. The molecule has 4 nitrogen and oxygen atoms in total. The van der Waals surface area contributed by atoms with Crippen molar-refractivity contribution in [2.24, 2.45) is 0 Å². The molecule has 0 spiro atoms. The standard InChI is InChI=1S/C9H20N2O2/c1-6-11(7-2)10-8(12)13-9(3,4)5/h6-7H2,1-5H3,(H,10,12). The molecule has 0 aromatic heterocycles. The average Bonchev–Trinajstić information content (AvgIpc) is 1.96. The fourth-order valence-electron chi connectivity index (χ4n) is 0.812. The van der Waals surface area contributed by atoms with E-state index in [4.69, 9.17) is 4.74 Å². The molecule has 1 N–H and O–H groups in total. The Kier molecular flexibility index (Phi) is 4.77. The Morgan fingerprint density at radius 3 is 2.08 bits per heavy atom. The van der Waals surface area contributed by atoms with Crippen LogP contribution in [0.2, 0.25) is 0 Å². The largest absolute Gasteiger partial charge is 0.443 e. The minimum Gasteiger partial charge on any atom is -0.443 e.